The van der Waals surface area contributed by atoms with Gasteiger partial charge in [0.05, 0.1) is 0 Å². The predicted octanol–water partition coefficient (Wildman–Crippen LogP) is 16.1. The van der Waals surface area contributed by atoms with E-state index in [2.05, 4.69) is 193 Å². The van der Waals surface area contributed by atoms with Crippen molar-refractivity contribution in [3.63, 3.8) is 0 Å². The summed E-state index contributed by atoms with van der Waals surface area (Å²) in [5.74, 6) is 0.308. The number of rotatable bonds is 2. The quantitative estimate of drug-likeness (QED) is 0.155. The summed E-state index contributed by atoms with van der Waals surface area (Å²) in [6.45, 7) is 14.1. The molecule has 0 saturated heterocycles. The largest absolute Gasteiger partial charge is 0.0622 e. The fourth-order valence-corrected chi connectivity index (χ4v) is 10.8. The van der Waals surface area contributed by atoms with Crippen molar-refractivity contribution in [3.8, 4) is 44.5 Å². The van der Waals surface area contributed by atoms with Crippen LogP contribution in [-0.4, -0.2) is 0 Å². The monoisotopic (exact) mass is 742 g/mol. The molecule has 58 heavy (non-hydrogen) atoms. The summed E-state index contributed by atoms with van der Waals surface area (Å²) >= 11 is 0. The van der Waals surface area contributed by atoms with E-state index in [1.54, 1.807) is 0 Å². The first-order valence-electron chi connectivity index (χ1n) is 21.1. The molecule has 278 valence electrons. The van der Waals surface area contributed by atoms with Crippen molar-refractivity contribution in [2.45, 2.75) is 64.7 Å². The molecule has 0 nitrogen and oxygen atoms in total. The van der Waals surface area contributed by atoms with E-state index in [1.165, 1.54) is 127 Å². The summed E-state index contributed by atoms with van der Waals surface area (Å²) in [4.78, 5) is 0. The van der Waals surface area contributed by atoms with Crippen molar-refractivity contribution in [3.05, 3.63) is 179 Å². The minimum Gasteiger partial charge on any atom is -0.0622 e. The zero-order valence-corrected chi connectivity index (χ0v) is 34.2. The van der Waals surface area contributed by atoms with Crippen LogP contribution in [0, 0.1) is 0 Å². The van der Waals surface area contributed by atoms with E-state index in [1.807, 2.05) is 0 Å². The van der Waals surface area contributed by atoms with Gasteiger partial charge in [-0.1, -0.05) is 157 Å². The van der Waals surface area contributed by atoms with Crippen LogP contribution in [0.3, 0.4) is 0 Å². The Kier molecular flexibility index (Phi) is 6.82. The maximum atomic E-state index is 2.58. The molecule has 0 spiro atoms. The second kappa shape index (κ2) is 11.7. The number of hydrogen-bond acceptors (Lipinski definition) is 0. The van der Waals surface area contributed by atoms with Gasteiger partial charge in [-0.3, -0.25) is 0 Å². The van der Waals surface area contributed by atoms with Crippen LogP contribution in [0.2, 0.25) is 0 Å². The molecule has 0 amide bonds. The SMILES string of the molecule is CC(C)(C)c1cc2c3c(cccc3c1)-c1cc3c(-c4ccccc4)cc4c5c(c(-c6ccccc6)cc4c3cc1-2)C=C1c2cccc3cc(C(C)(C)C)cc(c23)C1C5. The van der Waals surface area contributed by atoms with Crippen molar-refractivity contribution in [2.24, 2.45) is 0 Å². The topological polar surface area (TPSA) is 0 Å². The molecule has 1 atom stereocenters. The Hall–Kier alpha value is -6.24. The number of fused-ring (bicyclic) bond motifs is 11. The van der Waals surface area contributed by atoms with Crippen LogP contribution < -0.4 is 0 Å². The molecule has 0 aromatic heterocycles. The smallest absolute Gasteiger partial charge is 0.0143 e. The van der Waals surface area contributed by atoms with Gasteiger partial charge in [0, 0.05) is 5.92 Å². The number of benzene rings is 9. The highest BCUT2D eigenvalue weighted by atomic mass is 14.4. The second-order valence-electron chi connectivity index (χ2n) is 19.3. The van der Waals surface area contributed by atoms with Gasteiger partial charge in [0.15, 0.2) is 0 Å². The predicted molar refractivity (Wildman–Crippen MR) is 250 cm³/mol. The van der Waals surface area contributed by atoms with Crippen LogP contribution in [0.25, 0.3) is 99.2 Å². The highest BCUT2D eigenvalue weighted by Gasteiger charge is 2.36. The van der Waals surface area contributed by atoms with Gasteiger partial charge in [-0.25, -0.2) is 0 Å². The summed E-state index contributed by atoms with van der Waals surface area (Å²) < 4.78 is 0. The lowest BCUT2D eigenvalue weighted by Crippen LogP contribution is -2.13. The van der Waals surface area contributed by atoms with Gasteiger partial charge in [0.2, 0.25) is 0 Å². The fourth-order valence-electron chi connectivity index (χ4n) is 10.8. The minimum atomic E-state index is 0.0430. The van der Waals surface area contributed by atoms with Crippen molar-refractivity contribution >= 4 is 54.7 Å². The molecule has 0 heterocycles. The van der Waals surface area contributed by atoms with Gasteiger partial charge in [-0.2, -0.15) is 0 Å². The molecule has 3 aliphatic rings. The van der Waals surface area contributed by atoms with E-state index in [9.17, 15) is 0 Å². The molecule has 0 heteroatoms. The third kappa shape index (κ3) is 4.75. The van der Waals surface area contributed by atoms with E-state index in [0.29, 0.717) is 5.92 Å². The van der Waals surface area contributed by atoms with Crippen molar-refractivity contribution in [1.29, 1.82) is 0 Å². The van der Waals surface area contributed by atoms with Crippen LogP contribution in [0.1, 0.15) is 80.8 Å². The summed E-state index contributed by atoms with van der Waals surface area (Å²) in [5, 5.41) is 10.9. The summed E-state index contributed by atoms with van der Waals surface area (Å²) in [5.41, 5.74) is 20.7. The molecule has 9 aromatic carbocycles. The summed E-state index contributed by atoms with van der Waals surface area (Å²) in [6.07, 6.45) is 3.55. The molecule has 9 aromatic rings. The first-order valence-corrected chi connectivity index (χ1v) is 21.1. The maximum Gasteiger partial charge on any atom is 0.0143 e. The summed E-state index contributed by atoms with van der Waals surface area (Å²) in [6, 6.07) is 56.2. The second-order valence-corrected chi connectivity index (χ2v) is 19.3. The Morgan fingerprint density at radius 1 is 0.414 bits per heavy atom. The van der Waals surface area contributed by atoms with Gasteiger partial charge in [0.25, 0.3) is 0 Å². The molecule has 12 rings (SSSR count). The number of allylic oxidation sites excluding steroid dienone is 1. The lowest BCUT2D eigenvalue weighted by atomic mass is 9.75. The third-order valence-electron chi connectivity index (χ3n) is 13.8. The molecule has 0 radical (unpaired) electrons. The normalized spacial score (nSPS) is 15.3. The van der Waals surface area contributed by atoms with Crippen molar-refractivity contribution in [1.82, 2.24) is 0 Å². The molecule has 3 aliphatic carbocycles. The maximum absolute atomic E-state index is 2.58. The summed E-state index contributed by atoms with van der Waals surface area (Å²) in [7, 11) is 0. The first kappa shape index (κ1) is 33.9. The van der Waals surface area contributed by atoms with E-state index < -0.39 is 0 Å². The molecular weight excluding hydrogens is 697 g/mol. The van der Waals surface area contributed by atoms with Crippen molar-refractivity contribution in [2.75, 3.05) is 0 Å². The van der Waals surface area contributed by atoms with E-state index in [0.717, 1.165) is 6.42 Å². The van der Waals surface area contributed by atoms with Crippen LogP contribution in [0.4, 0.5) is 0 Å². The average Bonchev–Trinajstić information content (AvgIpc) is 3.71. The lowest BCUT2D eigenvalue weighted by molar-refractivity contribution is 0.590. The molecule has 0 aliphatic heterocycles. The van der Waals surface area contributed by atoms with Crippen LogP contribution in [0.5, 0.6) is 0 Å². The van der Waals surface area contributed by atoms with Crippen molar-refractivity contribution < 1.29 is 0 Å². The van der Waals surface area contributed by atoms with Crippen LogP contribution in [0.15, 0.2) is 146 Å². The van der Waals surface area contributed by atoms with Gasteiger partial charge in [-0.05, 0) is 180 Å². The highest BCUT2D eigenvalue weighted by molar-refractivity contribution is 6.24. The van der Waals surface area contributed by atoms with Gasteiger partial charge < -0.3 is 0 Å². The van der Waals surface area contributed by atoms with Gasteiger partial charge >= 0.3 is 0 Å². The Balaban J connectivity index is 1.20. The molecule has 0 bridgehead atoms. The van der Waals surface area contributed by atoms with Crippen LogP contribution >= 0.6 is 0 Å². The Morgan fingerprint density at radius 2 is 0.966 bits per heavy atom. The van der Waals surface area contributed by atoms with E-state index in [-0.39, 0.29) is 10.8 Å². The first-order chi connectivity index (χ1) is 28.0. The van der Waals surface area contributed by atoms with Gasteiger partial charge in [0.1, 0.15) is 0 Å². The Labute approximate surface area is 341 Å². The van der Waals surface area contributed by atoms with Gasteiger partial charge in [-0.15, -0.1) is 0 Å². The zero-order valence-electron chi connectivity index (χ0n) is 34.2. The fraction of sp³-hybridized carbons (Fsp3) is 0.172. The standard InChI is InChI=1S/C58H46/c1-57(2,3)37-23-35-19-13-21-39-43-29-45-41(33-15-9-7-10-16-33)28-48-47(49(45)31-51(43)53(25-37)55(35)39)27-42(34-17-11-8-12-18-34)46-30-44-40-22-14-20-36-24-38(58(4,5)6)26-54(56(36)40)52(44)32-50(46)48/h7-31,52H,32H2,1-6H3. The molecule has 0 N–H and O–H groups in total. The highest BCUT2D eigenvalue weighted by Crippen LogP contribution is 2.56. The molecule has 0 saturated carbocycles. The lowest BCUT2D eigenvalue weighted by Gasteiger charge is -2.28. The Bertz CT molecular complexity index is 3290. The molecular formula is C58H46. The average molecular weight is 743 g/mol. The molecule has 1 unspecified atom stereocenters. The minimum absolute atomic E-state index is 0.0430. The number of hydrogen-bond donors (Lipinski definition) is 0. The molecule has 0 fully saturated rings. The Morgan fingerprint density at radius 3 is 1.66 bits per heavy atom. The third-order valence-corrected chi connectivity index (χ3v) is 13.8. The van der Waals surface area contributed by atoms with E-state index in [4.69, 9.17) is 0 Å². The van der Waals surface area contributed by atoms with Crippen LogP contribution in [-0.2, 0) is 17.3 Å². The zero-order chi connectivity index (χ0) is 39.2. The van der Waals surface area contributed by atoms with E-state index >= 15 is 0 Å².